The number of halogens is 7. The van der Waals surface area contributed by atoms with E-state index in [1.165, 1.54) is 0 Å². The first-order valence-electron chi connectivity index (χ1n) is 3.73. The standard InChI is InChI=1S/C8H3Cl2F5O/c9-5-3(8(13,14)15)1-2-4(6(5)10)16-7(11)12/h1-2,7H. The highest BCUT2D eigenvalue weighted by Gasteiger charge is 2.34. The van der Waals surface area contributed by atoms with E-state index in [1.54, 1.807) is 0 Å². The Morgan fingerprint density at radius 2 is 1.62 bits per heavy atom. The molecule has 0 fully saturated rings. The smallest absolute Gasteiger partial charge is 0.417 e. The van der Waals surface area contributed by atoms with Crippen molar-refractivity contribution in [2.75, 3.05) is 0 Å². The summed E-state index contributed by atoms with van der Waals surface area (Å²) in [5, 5.41) is -1.57. The summed E-state index contributed by atoms with van der Waals surface area (Å²) in [7, 11) is 0. The van der Waals surface area contributed by atoms with Crippen LogP contribution in [0.3, 0.4) is 0 Å². The fourth-order valence-corrected chi connectivity index (χ4v) is 1.41. The molecule has 0 radical (unpaired) electrons. The third-order valence-corrected chi connectivity index (χ3v) is 2.43. The van der Waals surface area contributed by atoms with Gasteiger partial charge >= 0.3 is 12.8 Å². The quantitative estimate of drug-likeness (QED) is 0.719. The molecule has 0 spiro atoms. The van der Waals surface area contributed by atoms with E-state index < -0.39 is 34.1 Å². The van der Waals surface area contributed by atoms with Crippen molar-refractivity contribution < 1.29 is 26.7 Å². The van der Waals surface area contributed by atoms with Crippen LogP contribution in [0.2, 0.25) is 10.0 Å². The van der Waals surface area contributed by atoms with E-state index in [9.17, 15) is 22.0 Å². The molecule has 90 valence electrons. The summed E-state index contributed by atoms with van der Waals surface area (Å²) in [6, 6.07) is 1.20. The molecule has 16 heavy (non-hydrogen) atoms. The lowest BCUT2D eigenvalue weighted by Crippen LogP contribution is -2.08. The predicted molar refractivity (Wildman–Crippen MR) is 48.1 cm³/mol. The topological polar surface area (TPSA) is 9.23 Å². The molecule has 0 heterocycles. The van der Waals surface area contributed by atoms with Crippen LogP contribution >= 0.6 is 23.2 Å². The second-order valence-corrected chi connectivity index (χ2v) is 3.37. The maximum absolute atomic E-state index is 12.3. The summed E-state index contributed by atoms with van der Waals surface area (Å²) in [6.45, 7) is -3.19. The number of benzene rings is 1. The van der Waals surface area contributed by atoms with Crippen LogP contribution in [-0.4, -0.2) is 6.61 Å². The van der Waals surface area contributed by atoms with Crippen molar-refractivity contribution in [2.45, 2.75) is 12.8 Å². The minimum absolute atomic E-state index is 0.520. The van der Waals surface area contributed by atoms with Gasteiger partial charge in [0, 0.05) is 0 Å². The highest BCUT2D eigenvalue weighted by molar-refractivity contribution is 6.43. The Hall–Kier alpha value is -0.750. The lowest BCUT2D eigenvalue weighted by atomic mass is 10.2. The van der Waals surface area contributed by atoms with Gasteiger partial charge in [0.1, 0.15) is 10.8 Å². The molecule has 0 aliphatic heterocycles. The van der Waals surface area contributed by atoms with Gasteiger partial charge in [-0.2, -0.15) is 22.0 Å². The zero-order chi connectivity index (χ0) is 12.5. The van der Waals surface area contributed by atoms with Gasteiger partial charge in [-0.3, -0.25) is 0 Å². The van der Waals surface area contributed by atoms with Gasteiger partial charge in [0.15, 0.2) is 0 Å². The van der Waals surface area contributed by atoms with Gasteiger partial charge in [0.05, 0.1) is 10.6 Å². The van der Waals surface area contributed by atoms with Crippen LogP contribution in [0.25, 0.3) is 0 Å². The van der Waals surface area contributed by atoms with E-state index in [0.717, 1.165) is 0 Å². The first-order valence-corrected chi connectivity index (χ1v) is 4.49. The normalized spacial score (nSPS) is 12.0. The Morgan fingerprint density at radius 1 is 1.06 bits per heavy atom. The van der Waals surface area contributed by atoms with Gasteiger partial charge in [0.25, 0.3) is 0 Å². The van der Waals surface area contributed by atoms with Crippen molar-refractivity contribution in [1.82, 2.24) is 0 Å². The maximum Gasteiger partial charge on any atom is 0.417 e. The Kier molecular flexibility index (Phi) is 3.85. The molecular formula is C8H3Cl2F5O. The number of hydrogen-bond donors (Lipinski definition) is 0. The minimum atomic E-state index is -4.70. The molecule has 8 heteroatoms. The predicted octanol–water partition coefficient (Wildman–Crippen LogP) is 4.61. The van der Waals surface area contributed by atoms with E-state index in [0.29, 0.717) is 12.1 Å². The van der Waals surface area contributed by atoms with Crippen molar-refractivity contribution in [3.8, 4) is 5.75 Å². The molecule has 1 aromatic carbocycles. The fraction of sp³-hybridized carbons (Fsp3) is 0.250. The highest BCUT2D eigenvalue weighted by Crippen LogP contribution is 2.42. The van der Waals surface area contributed by atoms with Crippen molar-refractivity contribution in [3.05, 3.63) is 27.7 Å². The second kappa shape index (κ2) is 4.63. The molecule has 0 bridgehead atoms. The van der Waals surface area contributed by atoms with Crippen molar-refractivity contribution >= 4 is 23.2 Å². The molecule has 0 saturated heterocycles. The van der Waals surface area contributed by atoms with Crippen LogP contribution in [-0.2, 0) is 6.18 Å². The summed E-state index contributed by atoms with van der Waals surface area (Å²) in [5.74, 6) is -0.602. The zero-order valence-corrected chi connectivity index (χ0v) is 8.80. The van der Waals surface area contributed by atoms with Gasteiger partial charge in [-0.15, -0.1) is 0 Å². The zero-order valence-electron chi connectivity index (χ0n) is 7.29. The summed E-state index contributed by atoms with van der Waals surface area (Å²) in [6.07, 6.45) is -4.70. The Balaban J connectivity index is 3.19. The summed E-state index contributed by atoms with van der Waals surface area (Å²) < 4.78 is 64.4. The van der Waals surface area contributed by atoms with E-state index in [2.05, 4.69) is 4.74 Å². The third-order valence-electron chi connectivity index (χ3n) is 1.57. The summed E-state index contributed by atoms with van der Waals surface area (Å²) >= 11 is 10.6. The maximum atomic E-state index is 12.3. The monoisotopic (exact) mass is 280 g/mol. The average molecular weight is 281 g/mol. The Labute approximate surface area is 96.7 Å². The first-order chi connectivity index (χ1) is 7.23. The summed E-state index contributed by atoms with van der Waals surface area (Å²) in [5.41, 5.74) is -1.21. The fourth-order valence-electron chi connectivity index (χ4n) is 0.938. The SMILES string of the molecule is FC(F)Oc1ccc(C(F)(F)F)c(Cl)c1Cl. The molecule has 0 aliphatic carbocycles. The van der Waals surface area contributed by atoms with Crippen LogP contribution in [0.5, 0.6) is 5.75 Å². The molecule has 1 rings (SSSR count). The molecule has 0 saturated carbocycles. The van der Waals surface area contributed by atoms with Crippen LogP contribution in [0, 0.1) is 0 Å². The molecule has 0 N–H and O–H groups in total. The largest absolute Gasteiger partial charge is 0.433 e. The first kappa shape index (κ1) is 13.3. The number of rotatable bonds is 2. The summed E-state index contributed by atoms with van der Waals surface area (Å²) in [4.78, 5) is 0. The Bertz CT molecular complexity index is 391. The number of alkyl halides is 5. The molecule has 0 unspecified atom stereocenters. The average Bonchev–Trinajstić information content (AvgIpc) is 2.10. The van der Waals surface area contributed by atoms with E-state index >= 15 is 0 Å². The van der Waals surface area contributed by atoms with Crippen LogP contribution in [0.1, 0.15) is 5.56 Å². The molecule has 1 aromatic rings. The van der Waals surface area contributed by atoms with Gasteiger partial charge in [-0.25, -0.2) is 0 Å². The van der Waals surface area contributed by atoms with Crippen LogP contribution in [0.15, 0.2) is 12.1 Å². The molecule has 0 aromatic heterocycles. The minimum Gasteiger partial charge on any atom is -0.433 e. The van der Waals surface area contributed by atoms with Gasteiger partial charge in [-0.05, 0) is 12.1 Å². The lowest BCUT2D eigenvalue weighted by Gasteiger charge is -2.13. The number of ether oxygens (including phenoxy) is 1. The van der Waals surface area contributed by atoms with Crippen LogP contribution in [0.4, 0.5) is 22.0 Å². The molecule has 0 amide bonds. The van der Waals surface area contributed by atoms with Crippen molar-refractivity contribution in [2.24, 2.45) is 0 Å². The molecule has 0 aliphatic rings. The van der Waals surface area contributed by atoms with E-state index in [4.69, 9.17) is 23.2 Å². The second-order valence-electron chi connectivity index (χ2n) is 2.62. The van der Waals surface area contributed by atoms with Gasteiger partial charge in [0.2, 0.25) is 0 Å². The van der Waals surface area contributed by atoms with E-state index in [1.807, 2.05) is 0 Å². The van der Waals surface area contributed by atoms with Gasteiger partial charge < -0.3 is 4.74 Å². The highest BCUT2D eigenvalue weighted by atomic mass is 35.5. The van der Waals surface area contributed by atoms with Gasteiger partial charge in [-0.1, -0.05) is 23.2 Å². The number of hydrogen-bond acceptors (Lipinski definition) is 1. The van der Waals surface area contributed by atoms with E-state index in [-0.39, 0.29) is 0 Å². The lowest BCUT2D eigenvalue weighted by molar-refractivity contribution is -0.137. The molecule has 1 nitrogen and oxygen atoms in total. The molecule has 0 atom stereocenters. The van der Waals surface area contributed by atoms with Crippen molar-refractivity contribution in [1.29, 1.82) is 0 Å². The molecular weight excluding hydrogens is 278 g/mol. The van der Waals surface area contributed by atoms with Crippen molar-refractivity contribution in [3.63, 3.8) is 0 Å². The third kappa shape index (κ3) is 2.89. The van der Waals surface area contributed by atoms with Crippen LogP contribution < -0.4 is 4.74 Å². The Morgan fingerprint density at radius 3 is 2.06 bits per heavy atom.